The molecule has 0 saturated carbocycles. The highest BCUT2D eigenvalue weighted by Crippen LogP contribution is 2.25. The van der Waals surface area contributed by atoms with Crippen molar-refractivity contribution in [2.45, 2.75) is 12.8 Å². The number of hydrogen-bond acceptors (Lipinski definition) is 3. The zero-order chi connectivity index (χ0) is 15.9. The Morgan fingerprint density at radius 3 is 2.73 bits per heavy atom. The molecule has 0 atom stereocenters. The summed E-state index contributed by atoms with van der Waals surface area (Å²) in [6.07, 6.45) is 0.828. The average molecular weight is 357 g/mol. The first kappa shape index (κ1) is 16.8. The summed E-state index contributed by atoms with van der Waals surface area (Å²) in [4.78, 5) is 24.2. The van der Waals surface area contributed by atoms with Crippen LogP contribution < -0.4 is 10.6 Å². The summed E-state index contributed by atoms with van der Waals surface area (Å²) in [6, 6.07) is 8.45. The molecule has 1 aromatic heterocycles. The van der Waals surface area contributed by atoms with E-state index < -0.39 is 0 Å². The van der Waals surface area contributed by atoms with E-state index in [-0.39, 0.29) is 18.2 Å². The maximum absolute atomic E-state index is 11.8. The van der Waals surface area contributed by atoms with Gasteiger partial charge in [0.1, 0.15) is 0 Å². The lowest BCUT2D eigenvalue weighted by atomic mass is 10.2. The molecular formula is C15H14Cl2N2O2S. The Morgan fingerprint density at radius 1 is 1.18 bits per heavy atom. The van der Waals surface area contributed by atoms with Crippen LogP contribution in [0.2, 0.25) is 10.0 Å². The summed E-state index contributed by atoms with van der Waals surface area (Å²) >= 11 is 13.2. The smallest absolute Gasteiger partial charge is 0.261 e. The van der Waals surface area contributed by atoms with Gasteiger partial charge in [0.2, 0.25) is 5.91 Å². The molecule has 1 aromatic carbocycles. The molecule has 7 heteroatoms. The molecule has 116 valence electrons. The zero-order valence-corrected chi connectivity index (χ0v) is 13.9. The van der Waals surface area contributed by atoms with E-state index in [1.807, 2.05) is 11.4 Å². The van der Waals surface area contributed by atoms with E-state index in [0.717, 1.165) is 0 Å². The Hall–Kier alpha value is -1.56. The molecule has 2 aromatic rings. The van der Waals surface area contributed by atoms with Crippen LogP contribution in [0.25, 0.3) is 0 Å². The molecule has 0 aliphatic rings. The van der Waals surface area contributed by atoms with Crippen LogP contribution in [0.3, 0.4) is 0 Å². The fourth-order valence-electron chi connectivity index (χ4n) is 1.75. The first-order chi connectivity index (χ1) is 10.6. The first-order valence-corrected chi connectivity index (χ1v) is 8.26. The van der Waals surface area contributed by atoms with Crippen LogP contribution in [0.1, 0.15) is 22.5 Å². The van der Waals surface area contributed by atoms with Gasteiger partial charge in [0.05, 0.1) is 15.6 Å². The van der Waals surface area contributed by atoms with Crippen molar-refractivity contribution in [2.75, 3.05) is 11.9 Å². The van der Waals surface area contributed by atoms with Crippen molar-refractivity contribution in [2.24, 2.45) is 0 Å². The van der Waals surface area contributed by atoms with Crippen molar-refractivity contribution in [3.05, 3.63) is 50.6 Å². The van der Waals surface area contributed by atoms with Gasteiger partial charge in [-0.2, -0.15) is 0 Å². The van der Waals surface area contributed by atoms with Crippen LogP contribution in [0.4, 0.5) is 5.69 Å². The fraction of sp³-hybridized carbons (Fsp3) is 0.200. The van der Waals surface area contributed by atoms with Crippen LogP contribution in [0, 0.1) is 0 Å². The molecule has 2 N–H and O–H groups in total. The van der Waals surface area contributed by atoms with Gasteiger partial charge >= 0.3 is 0 Å². The quantitative estimate of drug-likeness (QED) is 0.761. The Labute approximate surface area is 142 Å². The Morgan fingerprint density at radius 2 is 2.00 bits per heavy atom. The monoisotopic (exact) mass is 356 g/mol. The van der Waals surface area contributed by atoms with E-state index in [9.17, 15) is 9.59 Å². The van der Waals surface area contributed by atoms with Crippen molar-refractivity contribution >= 4 is 52.0 Å². The summed E-state index contributed by atoms with van der Waals surface area (Å²) in [5, 5.41) is 8.25. The SMILES string of the molecule is O=C(CCCNC(=O)c1cccs1)Nc1cc(Cl)ccc1Cl. The summed E-state index contributed by atoms with van der Waals surface area (Å²) < 4.78 is 0. The van der Waals surface area contributed by atoms with Gasteiger partial charge in [-0.3, -0.25) is 9.59 Å². The number of hydrogen-bond donors (Lipinski definition) is 2. The van der Waals surface area contributed by atoms with Crippen LogP contribution in [-0.4, -0.2) is 18.4 Å². The van der Waals surface area contributed by atoms with Gasteiger partial charge in [-0.1, -0.05) is 29.3 Å². The van der Waals surface area contributed by atoms with Gasteiger partial charge in [-0.15, -0.1) is 11.3 Å². The molecule has 0 radical (unpaired) electrons. The summed E-state index contributed by atoms with van der Waals surface area (Å²) in [5.41, 5.74) is 0.488. The largest absolute Gasteiger partial charge is 0.351 e. The van der Waals surface area contributed by atoms with Crippen LogP contribution >= 0.6 is 34.5 Å². The molecule has 22 heavy (non-hydrogen) atoms. The molecule has 2 amide bonds. The zero-order valence-electron chi connectivity index (χ0n) is 11.6. The molecule has 0 bridgehead atoms. The van der Waals surface area contributed by atoms with Gasteiger partial charge in [0, 0.05) is 18.0 Å². The summed E-state index contributed by atoms with van der Waals surface area (Å²) in [5.74, 6) is -0.289. The number of amides is 2. The number of halogens is 2. The Bertz CT molecular complexity index is 660. The number of rotatable bonds is 6. The molecular weight excluding hydrogens is 343 g/mol. The van der Waals surface area contributed by atoms with Gasteiger partial charge in [0.25, 0.3) is 5.91 Å². The second-order valence-corrected chi connectivity index (χ2v) is 6.30. The number of carbonyl (C=O) groups is 2. The number of anilines is 1. The molecule has 4 nitrogen and oxygen atoms in total. The molecule has 0 aliphatic carbocycles. The topological polar surface area (TPSA) is 58.2 Å². The number of nitrogens with one attached hydrogen (secondary N) is 2. The molecule has 0 aliphatic heterocycles. The maximum Gasteiger partial charge on any atom is 0.261 e. The lowest BCUT2D eigenvalue weighted by molar-refractivity contribution is -0.116. The number of carbonyl (C=O) groups excluding carboxylic acids is 2. The fourth-order valence-corrected chi connectivity index (χ4v) is 2.73. The second kappa shape index (κ2) is 8.17. The highest BCUT2D eigenvalue weighted by molar-refractivity contribution is 7.12. The summed E-state index contributed by atoms with van der Waals surface area (Å²) in [7, 11) is 0. The van der Waals surface area contributed by atoms with Crippen molar-refractivity contribution in [1.29, 1.82) is 0 Å². The summed E-state index contributed by atoms with van der Waals surface area (Å²) in [6.45, 7) is 0.438. The minimum atomic E-state index is -0.172. The van der Waals surface area contributed by atoms with E-state index in [1.54, 1.807) is 24.3 Å². The Kier molecular flexibility index (Phi) is 6.24. The standard InChI is InChI=1S/C15H14Cl2N2O2S/c16-10-5-6-11(17)12(9-10)19-14(20)4-1-7-18-15(21)13-3-2-8-22-13/h2-3,5-6,8-9H,1,4,7H2,(H,18,21)(H,19,20). The van der Waals surface area contributed by atoms with Crippen molar-refractivity contribution in [3.8, 4) is 0 Å². The van der Waals surface area contributed by atoms with Crippen molar-refractivity contribution in [1.82, 2.24) is 5.32 Å². The molecule has 0 unspecified atom stereocenters. The molecule has 0 spiro atoms. The number of thiophene rings is 1. The molecule has 2 rings (SSSR count). The minimum absolute atomic E-state index is 0.117. The lowest BCUT2D eigenvalue weighted by Crippen LogP contribution is -2.24. The Balaban J connectivity index is 1.72. The third-order valence-corrected chi connectivity index (χ3v) is 4.25. The highest BCUT2D eigenvalue weighted by Gasteiger charge is 2.08. The first-order valence-electron chi connectivity index (χ1n) is 6.63. The van der Waals surface area contributed by atoms with Gasteiger partial charge in [0.15, 0.2) is 0 Å². The van der Waals surface area contributed by atoms with E-state index in [1.165, 1.54) is 11.3 Å². The number of benzene rings is 1. The van der Waals surface area contributed by atoms with Crippen molar-refractivity contribution in [3.63, 3.8) is 0 Å². The van der Waals surface area contributed by atoms with E-state index >= 15 is 0 Å². The second-order valence-electron chi connectivity index (χ2n) is 4.51. The lowest BCUT2D eigenvalue weighted by Gasteiger charge is -2.08. The maximum atomic E-state index is 11.8. The average Bonchev–Trinajstić information content (AvgIpc) is 3.01. The third-order valence-electron chi connectivity index (χ3n) is 2.81. The van der Waals surface area contributed by atoms with E-state index in [2.05, 4.69) is 10.6 Å². The van der Waals surface area contributed by atoms with Gasteiger partial charge in [-0.05, 0) is 36.1 Å². The van der Waals surface area contributed by atoms with Gasteiger partial charge < -0.3 is 10.6 Å². The van der Waals surface area contributed by atoms with E-state index in [0.29, 0.717) is 33.6 Å². The van der Waals surface area contributed by atoms with Crippen LogP contribution in [0.5, 0.6) is 0 Å². The predicted octanol–water partition coefficient (Wildman–Crippen LogP) is 4.20. The normalized spacial score (nSPS) is 10.3. The van der Waals surface area contributed by atoms with Crippen LogP contribution in [0.15, 0.2) is 35.7 Å². The highest BCUT2D eigenvalue weighted by atomic mass is 35.5. The minimum Gasteiger partial charge on any atom is -0.351 e. The van der Waals surface area contributed by atoms with E-state index in [4.69, 9.17) is 23.2 Å². The van der Waals surface area contributed by atoms with Gasteiger partial charge in [-0.25, -0.2) is 0 Å². The van der Waals surface area contributed by atoms with Crippen LogP contribution in [-0.2, 0) is 4.79 Å². The molecule has 1 heterocycles. The van der Waals surface area contributed by atoms with Crippen molar-refractivity contribution < 1.29 is 9.59 Å². The molecule has 0 saturated heterocycles. The molecule has 0 fully saturated rings. The predicted molar refractivity (Wildman–Crippen MR) is 91.0 cm³/mol. The third kappa shape index (κ3) is 5.02.